The zero-order chi connectivity index (χ0) is 21.6. The molecule has 156 valence electrons. The van der Waals surface area contributed by atoms with E-state index in [2.05, 4.69) is 4.72 Å². The van der Waals surface area contributed by atoms with Crippen molar-refractivity contribution in [2.45, 2.75) is 38.5 Å². The number of hydrogen-bond acceptors (Lipinski definition) is 6. The summed E-state index contributed by atoms with van der Waals surface area (Å²) in [5.74, 6) is -1.06. The molecule has 0 heterocycles. The summed E-state index contributed by atoms with van der Waals surface area (Å²) in [7, 11) is -3.92. The number of anilines is 1. The molecule has 0 aliphatic carbocycles. The van der Waals surface area contributed by atoms with Gasteiger partial charge in [0.25, 0.3) is 10.0 Å². The van der Waals surface area contributed by atoms with Crippen LogP contribution in [0.25, 0.3) is 0 Å². The molecule has 0 aromatic heterocycles. The molecule has 0 bridgehead atoms. The third-order valence-corrected chi connectivity index (χ3v) is 5.46. The number of hydrogen-bond donors (Lipinski definition) is 1. The van der Waals surface area contributed by atoms with Crippen LogP contribution in [-0.4, -0.2) is 33.6 Å². The fourth-order valence-corrected chi connectivity index (χ4v) is 3.64. The molecule has 2 aromatic rings. The molecule has 2 aromatic carbocycles. The van der Waals surface area contributed by atoms with Crippen molar-refractivity contribution in [1.82, 2.24) is 0 Å². The predicted octanol–water partition coefficient (Wildman–Crippen LogP) is 3.96. The minimum absolute atomic E-state index is 0.0465. The van der Waals surface area contributed by atoms with E-state index in [-0.39, 0.29) is 40.8 Å². The number of sulfonamides is 1. The van der Waals surface area contributed by atoms with Gasteiger partial charge in [0.1, 0.15) is 0 Å². The summed E-state index contributed by atoms with van der Waals surface area (Å²) in [5.41, 5.74) is 1.17. The Labute approximate surface area is 171 Å². The Bertz CT molecular complexity index is 944. The first-order valence-corrected chi connectivity index (χ1v) is 10.8. The average Bonchev–Trinajstić information content (AvgIpc) is 2.67. The summed E-state index contributed by atoms with van der Waals surface area (Å²) in [5, 5.41) is 0. The topological polar surface area (TPSA) is 98.8 Å². The Morgan fingerprint density at radius 2 is 1.38 bits per heavy atom. The number of ether oxygens (including phenoxy) is 2. The average molecular weight is 419 g/mol. The summed E-state index contributed by atoms with van der Waals surface area (Å²) < 4.78 is 37.8. The molecule has 0 aliphatic rings. The maximum Gasteiger partial charge on any atom is 0.338 e. The highest BCUT2D eigenvalue weighted by Crippen LogP contribution is 2.22. The van der Waals surface area contributed by atoms with E-state index < -0.39 is 22.0 Å². The Morgan fingerprint density at radius 3 is 1.79 bits per heavy atom. The van der Waals surface area contributed by atoms with Gasteiger partial charge in [0.2, 0.25) is 0 Å². The lowest BCUT2D eigenvalue weighted by molar-refractivity contribution is 0.0525. The Hall–Kier alpha value is -2.87. The van der Waals surface area contributed by atoms with Crippen molar-refractivity contribution in [2.24, 2.45) is 0 Å². The molecule has 1 N–H and O–H groups in total. The molecule has 0 spiro atoms. The van der Waals surface area contributed by atoms with Crippen LogP contribution in [0.1, 0.15) is 59.9 Å². The van der Waals surface area contributed by atoms with Gasteiger partial charge in [0.15, 0.2) is 0 Å². The van der Waals surface area contributed by atoms with Crippen LogP contribution in [0.2, 0.25) is 0 Å². The molecule has 8 heteroatoms. The van der Waals surface area contributed by atoms with Crippen molar-refractivity contribution in [1.29, 1.82) is 0 Å². The zero-order valence-electron chi connectivity index (χ0n) is 16.9. The maximum absolute atomic E-state index is 12.8. The number of carbonyl (C=O) groups excluding carboxylic acids is 2. The smallest absolute Gasteiger partial charge is 0.338 e. The lowest BCUT2D eigenvalue weighted by Gasteiger charge is -2.12. The third-order valence-electron chi connectivity index (χ3n) is 4.06. The zero-order valence-corrected chi connectivity index (χ0v) is 17.7. The van der Waals surface area contributed by atoms with Crippen molar-refractivity contribution in [2.75, 3.05) is 17.9 Å². The quantitative estimate of drug-likeness (QED) is 0.650. The van der Waals surface area contributed by atoms with E-state index in [1.165, 1.54) is 30.3 Å². The summed E-state index contributed by atoms with van der Waals surface area (Å²) in [6, 6.07) is 10.5. The molecule has 0 saturated carbocycles. The van der Waals surface area contributed by atoms with Gasteiger partial charge in [-0.15, -0.1) is 0 Å². The largest absolute Gasteiger partial charge is 0.462 e. The molecule has 0 saturated heterocycles. The number of rotatable bonds is 8. The molecule has 0 amide bonds. The van der Waals surface area contributed by atoms with E-state index in [9.17, 15) is 18.0 Å². The minimum Gasteiger partial charge on any atom is -0.462 e. The van der Waals surface area contributed by atoms with E-state index in [0.29, 0.717) is 0 Å². The summed E-state index contributed by atoms with van der Waals surface area (Å²) in [6.45, 7) is 7.62. The number of benzene rings is 2. The van der Waals surface area contributed by atoms with Gasteiger partial charge in [-0.1, -0.05) is 26.0 Å². The van der Waals surface area contributed by atoms with E-state index in [4.69, 9.17) is 9.47 Å². The van der Waals surface area contributed by atoms with Gasteiger partial charge < -0.3 is 9.47 Å². The Morgan fingerprint density at radius 1 is 0.897 bits per heavy atom. The molecule has 0 fully saturated rings. The highest BCUT2D eigenvalue weighted by Gasteiger charge is 2.19. The highest BCUT2D eigenvalue weighted by molar-refractivity contribution is 7.92. The third kappa shape index (κ3) is 5.80. The normalized spacial score (nSPS) is 11.2. The summed E-state index contributed by atoms with van der Waals surface area (Å²) in [6.07, 6.45) is 0. The molecular formula is C21H25NO6S. The van der Waals surface area contributed by atoms with E-state index in [1.807, 2.05) is 13.8 Å². The van der Waals surface area contributed by atoms with Crippen LogP contribution < -0.4 is 4.72 Å². The molecular weight excluding hydrogens is 394 g/mol. The van der Waals surface area contributed by atoms with E-state index in [0.717, 1.165) is 5.56 Å². The second kappa shape index (κ2) is 9.56. The molecule has 2 rings (SSSR count). The first kappa shape index (κ1) is 22.4. The Balaban J connectivity index is 2.41. The van der Waals surface area contributed by atoms with Crippen LogP contribution in [0.3, 0.4) is 0 Å². The van der Waals surface area contributed by atoms with Crippen LogP contribution in [0, 0.1) is 0 Å². The van der Waals surface area contributed by atoms with E-state index in [1.54, 1.807) is 26.0 Å². The molecule has 0 unspecified atom stereocenters. The Kier molecular flexibility index (Phi) is 7.39. The molecule has 0 atom stereocenters. The van der Waals surface area contributed by atoms with Gasteiger partial charge in [-0.25, -0.2) is 18.0 Å². The molecule has 7 nitrogen and oxygen atoms in total. The number of nitrogens with one attached hydrogen (secondary N) is 1. The van der Waals surface area contributed by atoms with Crippen molar-refractivity contribution in [3.63, 3.8) is 0 Å². The number of esters is 2. The van der Waals surface area contributed by atoms with Gasteiger partial charge in [-0.2, -0.15) is 0 Å². The van der Waals surface area contributed by atoms with Gasteiger partial charge in [-0.05, 0) is 55.7 Å². The molecule has 0 aliphatic heterocycles. The van der Waals surface area contributed by atoms with Crippen LogP contribution in [0.15, 0.2) is 47.4 Å². The predicted molar refractivity (Wildman–Crippen MR) is 110 cm³/mol. The SMILES string of the molecule is CCOC(=O)c1cc(NS(=O)(=O)c2ccc(C(C)C)cc2)cc(C(=O)OCC)c1. The fraction of sp³-hybridized carbons (Fsp3) is 0.333. The second-order valence-electron chi connectivity index (χ2n) is 6.57. The van der Waals surface area contributed by atoms with Crippen LogP contribution in [0.5, 0.6) is 0 Å². The van der Waals surface area contributed by atoms with Crippen molar-refractivity contribution >= 4 is 27.6 Å². The lowest BCUT2D eigenvalue weighted by Crippen LogP contribution is -2.15. The fourth-order valence-electron chi connectivity index (χ4n) is 2.60. The lowest BCUT2D eigenvalue weighted by atomic mass is 10.0. The van der Waals surface area contributed by atoms with Crippen LogP contribution in [0.4, 0.5) is 5.69 Å². The maximum atomic E-state index is 12.8. The van der Waals surface area contributed by atoms with Crippen molar-refractivity contribution in [3.05, 3.63) is 59.2 Å². The standard InChI is InChI=1S/C21H25NO6S/c1-5-27-20(23)16-11-17(21(24)28-6-2)13-18(12-16)22-29(25,26)19-9-7-15(8-10-19)14(3)4/h7-14,22H,5-6H2,1-4H3. The molecule has 0 radical (unpaired) electrons. The second-order valence-corrected chi connectivity index (χ2v) is 8.25. The minimum atomic E-state index is -3.92. The van der Waals surface area contributed by atoms with Crippen LogP contribution in [-0.2, 0) is 19.5 Å². The van der Waals surface area contributed by atoms with Crippen LogP contribution >= 0.6 is 0 Å². The van der Waals surface area contributed by atoms with Gasteiger partial charge >= 0.3 is 11.9 Å². The van der Waals surface area contributed by atoms with Gasteiger partial charge in [0.05, 0.1) is 34.9 Å². The van der Waals surface area contributed by atoms with E-state index >= 15 is 0 Å². The summed E-state index contributed by atoms with van der Waals surface area (Å²) in [4.78, 5) is 24.3. The van der Waals surface area contributed by atoms with Gasteiger partial charge in [0, 0.05) is 0 Å². The highest BCUT2D eigenvalue weighted by atomic mass is 32.2. The monoisotopic (exact) mass is 419 g/mol. The number of carbonyl (C=O) groups is 2. The van der Waals surface area contributed by atoms with Crippen molar-refractivity contribution in [3.8, 4) is 0 Å². The first-order chi connectivity index (χ1) is 13.7. The summed E-state index contributed by atoms with van der Waals surface area (Å²) >= 11 is 0. The van der Waals surface area contributed by atoms with Gasteiger partial charge in [-0.3, -0.25) is 4.72 Å². The molecule has 29 heavy (non-hydrogen) atoms. The van der Waals surface area contributed by atoms with Crippen molar-refractivity contribution < 1.29 is 27.5 Å². The first-order valence-electron chi connectivity index (χ1n) is 9.30.